The highest BCUT2D eigenvalue weighted by Crippen LogP contribution is 2.41. The Kier molecular flexibility index (Phi) is 5.15. The minimum atomic E-state index is -1.36. The summed E-state index contributed by atoms with van der Waals surface area (Å²) < 4.78 is 20.5. The van der Waals surface area contributed by atoms with Crippen LogP contribution in [0.25, 0.3) is 15.0 Å². The first kappa shape index (κ1) is 19.9. The van der Waals surface area contributed by atoms with Crippen LogP contribution >= 0.6 is 10.5 Å². The zero-order chi connectivity index (χ0) is 21.3. The lowest BCUT2D eigenvalue weighted by molar-refractivity contribution is 0.0128. The summed E-state index contributed by atoms with van der Waals surface area (Å²) in [5.41, 5.74) is 0.717. The third kappa shape index (κ3) is 3.60. The van der Waals surface area contributed by atoms with E-state index in [1.807, 2.05) is 24.3 Å². The number of fused-ring (bicyclic) bond motifs is 1. The second-order valence-corrected chi connectivity index (χ2v) is 9.06. The largest absolute Gasteiger partial charge is 0.438 e. The molecule has 3 aromatic carbocycles. The highest BCUT2D eigenvalue weighted by Gasteiger charge is 2.30. The summed E-state index contributed by atoms with van der Waals surface area (Å²) in [7, 11) is -0.158. The van der Waals surface area contributed by atoms with Crippen molar-refractivity contribution in [1.82, 2.24) is 0 Å². The summed E-state index contributed by atoms with van der Waals surface area (Å²) >= 11 is 0. The molecule has 2 nitrogen and oxygen atoms in total. The number of thiophene rings is 1. The monoisotopic (exact) mass is 415 g/mol. The molecule has 30 heavy (non-hydrogen) atoms. The van der Waals surface area contributed by atoms with Gasteiger partial charge in [0, 0.05) is 27.0 Å². The first-order chi connectivity index (χ1) is 14.4. The van der Waals surface area contributed by atoms with Gasteiger partial charge in [0.25, 0.3) is 0 Å². The molecular formula is C26H20FO2S+. The van der Waals surface area contributed by atoms with Gasteiger partial charge in [-0.3, -0.25) is 0 Å². The van der Waals surface area contributed by atoms with Gasteiger partial charge in [0.05, 0.1) is 5.56 Å². The van der Waals surface area contributed by atoms with Gasteiger partial charge in [0.2, 0.25) is 0 Å². The summed E-state index contributed by atoms with van der Waals surface area (Å²) in [6.45, 7) is 3.70. The molecule has 0 spiro atoms. The lowest BCUT2D eigenvalue weighted by Crippen LogP contribution is -2.27. The van der Waals surface area contributed by atoms with Crippen molar-refractivity contribution in [3.8, 4) is 17.2 Å². The van der Waals surface area contributed by atoms with E-state index in [1.54, 1.807) is 31.2 Å². The van der Waals surface area contributed by atoms with E-state index in [4.69, 9.17) is 11.2 Å². The predicted molar refractivity (Wildman–Crippen MR) is 121 cm³/mol. The van der Waals surface area contributed by atoms with E-state index in [0.29, 0.717) is 11.1 Å². The van der Waals surface area contributed by atoms with E-state index < -0.39 is 17.4 Å². The Labute approximate surface area is 177 Å². The Morgan fingerprint density at radius 3 is 2.50 bits per heavy atom. The molecule has 0 saturated heterocycles. The van der Waals surface area contributed by atoms with Crippen molar-refractivity contribution >= 4 is 26.5 Å². The average Bonchev–Trinajstić information content (AvgIpc) is 3.10. The molecule has 2 unspecified atom stereocenters. The van der Waals surface area contributed by atoms with Gasteiger partial charge in [-0.2, -0.15) is 0 Å². The second-order valence-electron chi connectivity index (χ2n) is 7.24. The molecule has 0 saturated carbocycles. The van der Waals surface area contributed by atoms with Crippen LogP contribution in [0.3, 0.4) is 0 Å². The molecule has 0 aliphatic carbocycles. The Balaban J connectivity index is 1.61. The molecular weight excluding hydrogens is 395 g/mol. The molecule has 4 aromatic rings. The third-order valence-corrected chi connectivity index (χ3v) is 7.33. The quantitative estimate of drug-likeness (QED) is 0.210. The van der Waals surface area contributed by atoms with Crippen molar-refractivity contribution < 1.29 is 13.9 Å². The number of carbonyl (C=O) groups is 1. The summed E-state index contributed by atoms with van der Waals surface area (Å²) in [6, 6.07) is 21.5. The Hall–Kier alpha value is -3.42. The number of aryl methyl sites for hydroxylation is 1. The van der Waals surface area contributed by atoms with Crippen LogP contribution in [0.4, 0.5) is 4.39 Å². The van der Waals surface area contributed by atoms with Crippen LogP contribution in [-0.2, 0) is 10.3 Å². The zero-order valence-electron chi connectivity index (χ0n) is 16.7. The number of benzene rings is 3. The smallest absolute Gasteiger partial charge is 0.339 e. The molecule has 1 aromatic heterocycles. The molecule has 0 fully saturated rings. The van der Waals surface area contributed by atoms with E-state index in [9.17, 15) is 9.18 Å². The Bertz CT molecular complexity index is 1280. The maximum absolute atomic E-state index is 13.6. The van der Waals surface area contributed by atoms with Crippen molar-refractivity contribution in [2.24, 2.45) is 0 Å². The molecule has 0 amide bonds. The maximum Gasteiger partial charge on any atom is 0.339 e. The van der Waals surface area contributed by atoms with E-state index in [0.717, 1.165) is 4.90 Å². The van der Waals surface area contributed by atoms with Crippen LogP contribution in [0.1, 0.15) is 28.4 Å². The molecule has 0 aliphatic heterocycles. The van der Waals surface area contributed by atoms with Crippen molar-refractivity contribution in [1.29, 1.82) is 0 Å². The summed E-state index contributed by atoms with van der Waals surface area (Å²) in [4.78, 5) is 13.9. The fourth-order valence-electron chi connectivity index (χ4n) is 3.42. The van der Waals surface area contributed by atoms with Gasteiger partial charge in [0.15, 0.2) is 15.2 Å². The molecule has 0 N–H and O–H groups in total. The average molecular weight is 416 g/mol. The summed E-state index contributed by atoms with van der Waals surface area (Å²) in [5, 5.41) is 3.53. The van der Waals surface area contributed by atoms with Gasteiger partial charge in [-0.1, -0.05) is 30.2 Å². The van der Waals surface area contributed by atoms with Gasteiger partial charge < -0.3 is 4.74 Å². The first-order valence-corrected chi connectivity index (χ1v) is 10.8. The van der Waals surface area contributed by atoms with E-state index in [1.165, 1.54) is 27.8 Å². The standard InChI is InChI=1S/C26H20FO2S/c1-4-26(3,20-8-7-9-21(27)16-20)29-25(28)19-12-14-22(15-13-19)30-17-18(2)23-10-5-6-11-24(23)30/h1,5-17H,2-3H3/q+1. The molecule has 4 rings (SSSR count). The third-order valence-electron chi connectivity index (χ3n) is 5.14. The van der Waals surface area contributed by atoms with Crippen LogP contribution in [0.5, 0.6) is 0 Å². The number of rotatable bonds is 4. The molecule has 148 valence electrons. The first-order valence-electron chi connectivity index (χ1n) is 9.49. The molecule has 0 radical (unpaired) electrons. The van der Waals surface area contributed by atoms with Gasteiger partial charge in [0.1, 0.15) is 11.2 Å². The fourth-order valence-corrected chi connectivity index (χ4v) is 5.54. The van der Waals surface area contributed by atoms with Gasteiger partial charge in [-0.25, -0.2) is 9.18 Å². The number of terminal acetylenes is 1. The predicted octanol–water partition coefficient (Wildman–Crippen LogP) is 6.73. The van der Waals surface area contributed by atoms with E-state index in [-0.39, 0.29) is 10.5 Å². The lowest BCUT2D eigenvalue weighted by atomic mass is 9.96. The summed E-state index contributed by atoms with van der Waals surface area (Å²) in [5.74, 6) is 1.50. The highest BCUT2D eigenvalue weighted by molar-refractivity contribution is 7.43. The second kappa shape index (κ2) is 7.78. The van der Waals surface area contributed by atoms with Crippen molar-refractivity contribution in [2.45, 2.75) is 19.4 Å². The van der Waals surface area contributed by atoms with Crippen molar-refractivity contribution in [2.75, 3.05) is 0 Å². The van der Waals surface area contributed by atoms with Crippen molar-refractivity contribution in [3.63, 3.8) is 0 Å². The van der Waals surface area contributed by atoms with Gasteiger partial charge in [-0.15, -0.1) is 6.42 Å². The molecule has 1 heterocycles. The normalized spacial score (nSPS) is 13.5. The topological polar surface area (TPSA) is 26.3 Å². The molecule has 0 bridgehead atoms. The number of hydrogen-bond acceptors (Lipinski definition) is 2. The van der Waals surface area contributed by atoms with Crippen LogP contribution < -0.4 is 0 Å². The van der Waals surface area contributed by atoms with E-state index in [2.05, 4.69) is 30.4 Å². The Morgan fingerprint density at radius 1 is 1.07 bits per heavy atom. The van der Waals surface area contributed by atoms with Crippen LogP contribution in [0.2, 0.25) is 0 Å². The zero-order valence-corrected chi connectivity index (χ0v) is 17.5. The van der Waals surface area contributed by atoms with Gasteiger partial charge in [-0.05, 0) is 62.4 Å². The lowest BCUT2D eigenvalue weighted by Gasteiger charge is -2.24. The maximum atomic E-state index is 13.6. The molecule has 4 heteroatoms. The molecule has 2 atom stereocenters. The number of halogens is 1. The number of esters is 1. The molecule has 0 aliphatic rings. The number of ether oxygens (including phenoxy) is 1. The Morgan fingerprint density at radius 2 is 1.80 bits per heavy atom. The van der Waals surface area contributed by atoms with E-state index >= 15 is 0 Å². The SMILES string of the molecule is C#CC(C)(OC(=O)c1ccc(-[s+]2cc(C)c3ccccc32)cc1)c1cccc(F)c1. The minimum absolute atomic E-state index is 0.158. The number of carbonyl (C=O) groups excluding carboxylic acids is 1. The van der Waals surface area contributed by atoms with Crippen LogP contribution in [0, 0.1) is 25.1 Å². The summed E-state index contributed by atoms with van der Waals surface area (Å²) in [6.07, 6.45) is 5.63. The highest BCUT2D eigenvalue weighted by atomic mass is 32.2. The van der Waals surface area contributed by atoms with Crippen molar-refractivity contribution in [3.05, 3.63) is 101 Å². The number of hydrogen-bond donors (Lipinski definition) is 0. The fraction of sp³-hybridized carbons (Fsp3) is 0.115. The van der Waals surface area contributed by atoms with Crippen LogP contribution in [0.15, 0.2) is 78.2 Å². The minimum Gasteiger partial charge on any atom is -0.438 e. The van der Waals surface area contributed by atoms with Gasteiger partial charge >= 0.3 is 5.97 Å². The van der Waals surface area contributed by atoms with Crippen LogP contribution in [-0.4, -0.2) is 5.97 Å².